The minimum atomic E-state index is 0.447. The van der Waals surface area contributed by atoms with Crippen molar-refractivity contribution in [1.82, 2.24) is 0 Å². The normalized spacial score (nSPS) is 27.8. The largest absolute Gasteiger partial charge is 0.378 e. The molecular weight excluding hydrogens is 160 g/mol. The Labute approximate surface area is 79.7 Å². The molecule has 1 aliphatic rings. The zero-order valence-corrected chi connectivity index (χ0v) is 8.07. The molecule has 0 unspecified atom stereocenters. The molecule has 0 aromatic heterocycles. The highest BCUT2D eigenvalue weighted by molar-refractivity contribution is 5.21. The van der Waals surface area contributed by atoms with Crippen molar-refractivity contribution in [3.63, 3.8) is 0 Å². The summed E-state index contributed by atoms with van der Waals surface area (Å²) in [6.45, 7) is 3.13. The molecule has 0 radical (unpaired) electrons. The van der Waals surface area contributed by atoms with E-state index in [-0.39, 0.29) is 0 Å². The maximum absolute atomic E-state index is 5.67. The minimum absolute atomic E-state index is 0.447. The lowest BCUT2D eigenvalue weighted by Gasteiger charge is -2.16. The Morgan fingerprint density at radius 1 is 1.31 bits per heavy atom. The number of hydrogen-bond acceptors (Lipinski definition) is 1. The highest BCUT2D eigenvalue weighted by Crippen LogP contribution is 2.32. The molecule has 1 heterocycles. The highest BCUT2D eigenvalue weighted by atomic mass is 16.5. The van der Waals surface area contributed by atoms with Gasteiger partial charge in [0, 0.05) is 12.5 Å². The van der Waals surface area contributed by atoms with Gasteiger partial charge in [-0.3, -0.25) is 0 Å². The molecule has 1 aliphatic heterocycles. The van der Waals surface area contributed by atoms with Gasteiger partial charge in [0.15, 0.2) is 0 Å². The van der Waals surface area contributed by atoms with Crippen LogP contribution in [0.4, 0.5) is 0 Å². The van der Waals surface area contributed by atoms with E-state index in [0.29, 0.717) is 12.0 Å². The van der Waals surface area contributed by atoms with Gasteiger partial charge in [-0.05, 0) is 18.4 Å². The first-order valence-corrected chi connectivity index (χ1v) is 5.08. The van der Waals surface area contributed by atoms with Crippen molar-refractivity contribution in [2.75, 3.05) is 6.61 Å². The van der Waals surface area contributed by atoms with Crippen LogP contribution in [0.3, 0.4) is 0 Å². The second-order valence-electron chi connectivity index (χ2n) is 3.62. The van der Waals surface area contributed by atoms with Crippen LogP contribution in [-0.4, -0.2) is 12.7 Å². The minimum Gasteiger partial charge on any atom is -0.378 e. The molecule has 1 fully saturated rings. The van der Waals surface area contributed by atoms with Crippen LogP contribution in [0.2, 0.25) is 0 Å². The Morgan fingerprint density at radius 3 is 2.77 bits per heavy atom. The summed E-state index contributed by atoms with van der Waals surface area (Å²) in [5.74, 6) is 0.631. The summed E-state index contributed by atoms with van der Waals surface area (Å²) in [7, 11) is 0. The Morgan fingerprint density at radius 2 is 2.08 bits per heavy atom. The predicted molar refractivity (Wildman–Crippen MR) is 53.8 cm³/mol. The van der Waals surface area contributed by atoms with Gasteiger partial charge in [0.2, 0.25) is 0 Å². The monoisotopic (exact) mass is 176 g/mol. The number of benzene rings is 1. The van der Waals surface area contributed by atoms with Crippen LogP contribution in [0.25, 0.3) is 0 Å². The van der Waals surface area contributed by atoms with E-state index in [9.17, 15) is 0 Å². The quantitative estimate of drug-likeness (QED) is 0.673. The third-order valence-corrected chi connectivity index (χ3v) is 2.84. The summed E-state index contributed by atoms with van der Waals surface area (Å²) >= 11 is 0. The van der Waals surface area contributed by atoms with Crippen LogP contribution in [0.1, 0.15) is 31.2 Å². The van der Waals surface area contributed by atoms with Crippen LogP contribution in [0.15, 0.2) is 30.3 Å². The Balaban J connectivity index is 2.16. The topological polar surface area (TPSA) is 9.23 Å². The van der Waals surface area contributed by atoms with Gasteiger partial charge >= 0.3 is 0 Å². The molecule has 13 heavy (non-hydrogen) atoms. The Hall–Kier alpha value is -0.820. The summed E-state index contributed by atoms with van der Waals surface area (Å²) in [5, 5.41) is 0. The van der Waals surface area contributed by atoms with E-state index in [2.05, 4.69) is 37.3 Å². The summed E-state index contributed by atoms with van der Waals surface area (Å²) in [5.41, 5.74) is 1.44. The summed E-state index contributed by atoms with van der Waals surface area (Å²) < 4.78 is 5.67. The van der Waals surface area contributed by atoms with E-state index in [4.69, 9.17) is 4.74 Å². The first-order valence-electron chi connectivity index (χ1n) is 5.08. The summed E-state index contributed by atoms with van der Waals surface area (Å²) in [4.78, 5) is 0. The fourth-order valence-electron chi connectivity index (χ4n) is 2.13. The van der Waals surface area contributed by atoms with Gasteiger partial charge in [-0.25, -0.2) is 0 Å². The molecule has 2 atom stereocenters. The number of ether oxygens (including phenoxy) is 1. The SMILES string of the molecule is CC[C@H]1OCC[C@H]1c1ccccc1. The van der Waals surface area contributed by atoms with Crippen LogP contribution >= 0.6 is 0 Å². The highest BCUT2D eigenvalue weighted by Gasteiger charge is 2.27. The molecule has 0 saturated carbocycles. The van der Waals surface area contributed by atoms with Crippen LogP contribution in [-0.2, 0) is 4.74 Å². The lowest BCUT2D eigenvalue weighted by molar-refractivity contribution is 0.101. The molecular formula is C12H16O. The standard InChI is InChI=1S/C12H16O/c1-2-12-11(8-9-13-12)10-6-4-3-5-7-10/h3-7,11-12H,2,8-9H2,1H3/t11-,12+/m0/s1. The first kappa shape index (κ1) is 8.76. The maximum Gasteiger partial charge on any atom is 0.0641 e. The second-order valence-corrected chi connectivity index (χ2v) is 3.62. The van der Waals surface area contributed by atoms with Crippen LogP contribution in [0, 0.1) is 0 Å². The Kier molecular flexibility index (Phi) is 2.65. The number of hydrogen-bond donors (Lipinski definition) is 0. The molecule has 0 bridgehead atoms. The summed E-state index contributed by atoms with van der Waals surface area (Å²) in [6, 6.07) is 10.7. The van der Waals surface area contributed by atoms with Gasteiger partial charge < -0.3 is 4.74 Å². The average molecular weight is 176 g/mol. The van der Waals surface area contributed by atoms with Crippen molar-refractivity contribution in [2.24, 2.45) is 0 Å². The number of rotatable bonds is 2. The first-order chi connectivity index (χ1) is 6.42. The molecule has 0 aliphatic carbocycles. The molecule has 1 aromatic rings. The van der Waals surface area contributed by atoms with E-state index in [1.165, 1.54) is 12.0 Å². The predicted octanol–water partition coefficient (Wildman–Crippen LogP) is 2.97. The van der Waals surface area contributed by atoms with Crippen LogP contribution < -0.4 is 0 Å². The molecule has 1 nitrogen and oxygen atoms in total. The fraction of sp³-hybridized carbons (Fsp3) is 0.500. The zero-order valence-electron chi connectivity index (χ0n) is 8.07. The summed E-state index contributed by atoms with van der Waals surface area (Å²) in [6.07, 6.45) is 2.75. The van der Waals surface area contributed by atoms with Gasteiger partial charge in [0.25, 0.3) is 0 Å². The van der Waals surface area contributed by atoms with Crippen LogP contribution in [0.5, 0.6) is 0 Å². The second kappa shape index (κ2) is 3.93. The molecule has 1 aromatic carbocycles. The lowest BCUT2D eigenvalue weighted by atomic mass is 9.91. The zero-order chi connectivity index (χ0) is 9.10. The molecule has 70 valence electrons. The average Bonchev–Trinajstić information content (AvgIpc) is 2.67. The fourth-order valence-corrected chi connectivity index (χ4v) is 2.13. The maximum atomic E-state index is 5.67. The van der Waals surface area contributed by atoms with Crippen molar-refractivity contribution in [1.29, 1.82) is 0 Å². The van der Waals surface area contributed by atoms with E-state index in [1.54, 1.807) is 0 Å². The van der Waals surface area contributed by atoms with Crippen molar-refractivity contribution in [3.05, 3.63) is 35.9 Å². The van der Waals surface area contributed by atoms with E-state index >= 15 is 0 Å². The molecule has 1 heteroatoms. The molecule has 0 N–H and O–H groups in total. The third-order valence-electron chi connectivity index (χ3n) is 2.84. The van der Waals surface area contributed by atoms with Crippen molar-refractivity contribution >= 4 is 0 Å². The van der Waals surface area contributed by atoms with Gasteiger partial charge in [0.05, 0.1) is 6.10 Å². The van der Waals surface area contributed by atoms with E-state index in [0.717, 1.165) is 13.0 Å². The third kappa shape index (κ3) is 1.75. The van der Waals surface area contributed by atoms with Crippen molar-refractivity contribution in [3.8, 4) is 0 Å². The molecule has 1 saturated heterocycles. The van der Waals surface area contributed by atoms with Gasteiger partial charge in [-0.1, -0.05) is 37.3 Å². The van der Waals surface area contributed by atoms with Crippen molar-refractivity contribution in [2.45, 2.75) is 31.8 Å². The van der Waals surface area contributed by atoms with E-state index in [1.807, 2.05) is 0 Å². The smallest absolute Gasteiger partial charge is 0.0641 e. The van der Waals surface area contributed by atoms with E-state index < -0.39 is 0 Å². The lowest BCUT2D eigenvalue weighted by Crippen LogP contribution is -2.12. The Bertz CT molecular complexity index is 255. The molecule has 0 spiro atoms. The molecule has 0 amide bonds. The van der Waals surface area contributed by atoms with Gasteiger partial charge in [0.1, 0.15) is 0 Å². The van der Waals surface area contributed by atoms with Crippen molar-refractivity contribution < 1.29 is 4.74 Å². The van der Waals surface area contributed by atoms with Gasteiger partial charge in [-0.2, -0.15) is 0 Å². The van der Waals surface area contributed by atoms with Gasteiger partial charge in [-0.15, -0.1) is 0 Å². The molecule has 2 rings (SSSR count).